The Labute approximate surface area is 139 Å². The van der Waals surface area contributed by atoms with E-state index in [1.165, 1.54) is 0 Å². The summed E-state index contributed by atoms with van der Waals surface area (Å²) in [6, 6.07) is 9.74. The molecule has 0 saturated heterocycles. The van der Waals surface area contributed by atoms with Gasteiger partial charge in [-0.2, -0.15) is 5.10 Å². The van der Waals surface area contributed by atoms with Crippen LogP contribution < -0.4 is 0 Å². The smallest absolute Gasteiger partial charge is 0.242 e. The van der Waals surface area contributed by atoms with Crippen LogP contribution in [0, 0.1) is 0 Å². The lowest BCUT2D eigenvalue weighted by atomic mass is 10.00. The molecule has 6 nitrogen and oxygen atoms in total. The van der Waals surface area contributed by atoms with Crippen molar-refractivity contribution >= 4 is 22.7 Å². The van der Waals surface area contributed by atoms with E-state index < -0.39 is 0 Å². The summed E-state index contributed by atoms with van der Waals surface area (Å²) >= 11 is 0. The second-order valence-electron chi connectivity index (χ2n) is 5.75. The van der Waals surface area contributed by atoms with Crippen LogP contribution in [0.5, 0.6) is 0 Å². The minimum Gasteiger partial charge on any atom is -0.360 e. The number of aromatic amines is 1. The Morgan fingerprint density at radius 1 is 1.25 bits per heavy atom. The molecule has 1 aromatic carbocycles. The molecule has 24 heavy (non-hydrogen) atoms. The van der Waals surface area contributed by atoms with Crippen molar-refractivity contribution in [3.63, 3.8) is 0 Å². The van der Waals surface area contributed by atoms with Crippen LogP contribution in [0.1, 0.15) is 37.1 Å². The zero-order valence-corrected chi connectivity index (χ0v) is 13.3. The van der Waals surface area contributed by atoms with Crippen LogP contribution in [0.2, 0.25) is 0 Å². The van der Waals surface area contributed by atoms with E-state index in [1.807, 2.05) is 43.5 Å². The highest BCUT2D eigenvalue weighted by Gasteiger charge is 2.32. The summed E-state index contributed by atoms with van der Waals surface area (Å²) in [5.41, 5.74) is 4.54. The highest BCUT2D eigenvalue weighted by molar-refractivity contribution is 6.01. The predicted octanol–water partition coefficient (Wildman–Crippen LogP) is 3.05. The lowest BCUT2D eigenvalue weighted by Crippen LogP contribution is -2.26. The monoisotopic (exact) mass is 319 g/mol. The first-order valence-corrected chi connectivity index (χ1v) is 8.00. The number of hydrazone groups is 1. The number of hydrogen-bond acceptors (Lipinski definition) is 4. The molecule has 0 aliphatic carbocycles. The first-order chi connectivity index (χ1) is 11.8. The van der Waals surface area contributed by atoms with E-state index in [9.17, 15) is 4.79 Å². The molecule has 6 heteroatoms. The number of H-pyrrole nitrogens is 1. The third-order valence-corrected chi connectivity index (χ3v) is 4.26. The molecule has 1 aliphatic heterocycles. The van der Waals surface area contributed by atoms with Crippen molar-refractivity contribution in [2.75, 3.05) is 0 Å². The lowest BCUT2D eigenvalue weighted by molar-refractivity contribution is -0.132. The average molecular weight is 319 g/mol. The number of hydrogen-bond donors (Lipinski definition) is 1. The Balaban J connectivity index is 1.73. The van der Waals surface area contributed by atoms with Crippen LogP contribution in [-0.4, -0.2) is 31.6 Å². The maximum Gasteiger partial charge on any atom is 0.242 e. The van der Waals surface area contributed by atoms with Crippen LogP contribution in [0.3, 0.4) is 0 Å². The normalized spacial score (nSPS) is 17.3. The Morgan fingerprint density at radius 2 is 2.08 bits per heavy atom. The third kappa shape index (κ3) is 2.46. The Hall–Kier alpha value is -3.02. The molecule has 1 aliphatic rings. The van der Waals surface area contributed by atoms with Crippen LogP contribution >= 0.6 is 0 Å². The summed E-state index contributed by atoms with van der Waals surface area (Å²) in [4.78, 5) is 24.2. The van der Waals surface area contributed by atoms with Crippen molar-refractivity contribution in [2.24, 2.45) is 5.10 Å². The van der Waals surface area contributed by atoms with Gasteiger partial charge >= 0.3 is 0 Å². The molecule has 1 amide bonds. The van der Waals surface area contributed by atoms with Crippen LogP contribution in [0.25, 0.3) is 11.0 Å². The SMILES string of the molecule is CCC(=O)N1N=C(c2ccc[nH]2)C[C@H]1c1ccc2nccnc2c1. The Kier molecular flexibility index (Phi) is 3.57. The van der Waals surface area contributed by atoms with Crippen molar-refractivity contribution in [3.8, 4) is 0 Å². The molecule has 0 spiro atoms. The van der Waals surface area contributed by atoms with Gasteiger partial charge in [0.2, 0.25) is 5.91 Å². The summed E-state index contributed by atoms with van der Waals surface area (Å²) in [6.07, 6.45) is 6.32. The third-order valence-electron chi connectivity index (χ3n) is 4.26. The molecule has 0 saturated carbocycles. The van der Waals surface area contributed by atoms with Gasteiger partial charge in [-0.3, -0.25) is 14.8 Å². The van der Waals surface area contributed by atoms with E-state index in [1.54, 1.807) is 17.4 Å². The van der Waals surface area contributed by atoms with Gasteiger partial charge in [-0.25, -0.2) is 5.01 Å². The average Bonchev–Trinajstić information content (AvgIpc) is 3.30. The molecule has 0 unspecified atom stereocenters. The quantitative estimate of drug-likeness (QED) is 0.806. The number of nitrogens with one attached hydrogen (secondary N) is 1. The second kappa shape index (κ2) is 5.88. The largest absolute Gasteiger partial charge is 0.360 e. The zero-order valence-electron chi connectivity index (χ0n) is 13.3. The predicted molar refractivity (Wildman–Crippen MR) is 91.4 cm³/mol. The number of nitrogens with zero attached hydrogens (tertiary/aromatic N) is 4. The zero-order chi connectivity index (χ0) is 16.5. The van der Waals surface area contributed by atoms with Gasteiger partial charge < -0.3 is 4.98 Å². The highest BCUT2D eigenvalue weighted by atomic mass is 16.2. The number of amides is 1. The molecule has 1 N–H and O–H groups in total. The Bertz CT molecular complexity index is 916. The van der Waals surface area contributed by atoms with E-state index in [-0.39, 0.29) is 11.9 Å². The first-order valence-electron chi connectivity index (χ1n) is 8.00. The molecule has 0 bridgehead atoms. The van der Waals surface area contributed by atoms with Gasteiger partial charge in [0, 0.05) is 31.4 Å². The van der Waals surface area contributed by atoms with Crippen LogP contribution in [0.15, 0.2) is 54.0 Å². The van der Waals surface area contributed by atoms with E-state index in [4.69, 9.17) is 0 Å². The maximum atomic E-state index is 12.4. The van der Waals surface area contributed by atoms with E-state index >= 15 is 0 Å². The number of benzene rings is 1. The van der Waals surface area contributed by atoms with E-state index in [2.05, 4.69) is 20.1 Å². The van der Waals surface area contributed by atoms with Crippen molar-refractivity contribution in [2.45, 2.75) is 25.8 Å². The summed E-state index contributed by atoms with van der Waals surface area (Å²) in [5, 5.41) is 6.18. The van der Waals surface area contributed by atoms with Crippen LogP contribution in [0.4, 0.5) is 0 Å². The fraction of sp³-hybridized carbons (Fsp3) is 0.222. The minimum atomic E-state index is -0.109. The second-order valence-corrected chi connectivity index (χ2v) is 5.75. The number of fused-ring (bicyclic) bond motifs is 1. The summed E-state index contributed by atoms with van der Waals surface area (Å²) in [5.74, 6) is 0.0146. The molecule has 3 heterocycles. The van der Waals surface area contributed by atoms with Crippen LogP contribution in [-0.2, 0) is 4.79 Å². The summed E-state index contributed by atoms with van der Waals surface area (Å²) in [7, 11) is 0. The summed E-state index contributed by atoms with van der Waals surface area (Å²) < 4.78 is 0. The number of aromatic nitrogens is 3. The number of carbonyl (C=O) groups excluding carboxylic acids is 1. The minimum absolute atomic E-state index is 0.0146. The van der Waals surface area contributed by atoms with Gasteiger partial charge in [-0.05, 0) is 29.8 Å². The molecule has 3 aromatic rings. The summed E-state index contributed by atoms with van der Waals surface area (Å²) in [6.45, 7) is 1.85. The van der Waals surface area contributed by atoms with Gasteiger partial charge in [0.05, 0.1) is 28.5 Å². The van der Waals surface area contributed by atoms with Gasteiger partial charge in [-0.15, -0.1) is 0 Å². The van der Waals surface area contributed by atoms with Crippen molar-refractivity contribution in [1.82, 2.24) is 20.0 Å². The van der Waals surface area contributed by atoms with E-state index in [0.717, 1.165) is 28.0 Å². The molecule has 4 rings (SSSR count). The fourth-order valence-electron chi connectivity index (χ4n) is 3.02. The maximum absolute atomic E-state index is 12.4. The molecule has 0 radical (unpaired) electrons. The van der Waals surface area contributed by atoms with Gasteiger partial charge in [0.1, 0.15) is 0 Å². The molecular formula is C18H17N5O. The molecule has 1 atom stereocenters. The van der Waals surface area contributed by atoms with E-state index in [0.29, 0.717) is 12.8 Å². The molecule has 0 fully saturated rings. The van der Waals surface area contributed by atoms with Crippen molar-refractivity contribution in [1.29, 1.82) is 0 Å². The standard InChI is InChI=1S/C18H17N5O/c1-2-18(24)23-17(11-16(22-23)13-4-3-7-19-13)12-5-6-14-15(10-12)21-9-8-20-14/h3-10,17,19H,2,11H2,1H3/t17-/m0/s1. The van der Waals surface area contributed by atoms with Crippen molar-refractivity contribution in [3.05, 3.63) is 60.2 Å². The molecule has 120 valence electrons. The van der Waals surface area contributed by atoms with Crippen molar-refractivity contribution < 1.29 is 4.79 Å². The number of carbonyl (C=O) groups is 1. The highest BCUT2D eigenvalue weighted by Crippen LogP contribution is 2.33. The topological polar surface area (TPSA) is 74.2 Å². The molecular weight excluding hydrogens is 302 g/mol. The van der Waals surface area contributed by atoms with Gasteiger partial charge in [0.25, 0.3) is 0 Å². The lowest BCUT2D eigenvalue weighted by Gasteiger charge is -2.21. The fourth-order valence-corrected chi connectivity index (χ4v) is 3.02. The Morgan fingerprint density at radius 3 is 2.83 bits per heavy atom. The van der Waals surface area contributed by atoms with Gasteiger partial charge in [-0.1, -0.05) is 13.0 Å². The van der Waals surface area contributed by atoms with Gasteiger partial charge in [0.15, 0.2) is 0 Å². The first kappa shape index (κ1) is 14.6. The number of rotatable bonds is 3. The molecule has 2 aromatic heterocycles.